The lowest BCUT2D eigenvalue weighted by atomic mass is 10.1. The van der Waals surface area contributed by atoms with E-state index in [-0.39, 0.29) is 30.4 Å². The number of urea groups is 1. The van der Waals surface area contributed by atoms with Crippen molar-refractivity contribution in [1.82, 2.24) is 30.0 Å². The highest BCUT2D eigenvalue weighted by Crippen LogP contribution is 2.35. The molecule has 3 fully saturated rings. The van der Waals surface area contributed by atoms with Gasteiger partial charge in [-0.15, -0.1) is 0 Å². The van der Waals surface area contributed by atoms with Crippen molar-refractivity contribution in [2.45, 2.75) is 43.9 Å². The molecule has 12 nitrogen and oxygen atoms in total. The second-order valence-electron chi connectivity index (χ2n) is 10.0. The van der Waals surface area contributed by atoms with Crippen molar-refractivity contribution in [1.29, 1.82) is 0 Å². The maximum atomic E-state index is 12.0. The molecule has 0 unspecified atom stereocenters. The molecule has 0 spiro atoms. The number of carbonyl (C=O) groups excluding carboxylic acids is 2. The summed E-state index contributed by atoms with van der Waals surface area (Å²) in [6.07, 6.45) is 5.68. The van der Waals surface area contributed by atoms with Crippen LogP contribution in [-0.2, 0) is 9.47 Å². The number of ether oxygens (including phenoxy) is 2. The Morgan fingerprint density at radius 2 is 1.74 bits per heavy atom. The summed E-state index contributed by atoms with van der Waals surface area (Å²) >= 11 is 0. The fraction of sp³-hybridized carbons (Fsp3) is 0.500. The molecule has 3 saturated heterocycles. The molecule has 200 valence electrons. The number of benzene rings is 1. The lowest BCUT2D eigenvalue weighted by Crippen LogP contribution is -2.43. The highest BCUT2D eigenvalue weighted by atomic mass is 16.5. The molecular formula is C26H32N8O4. The zero-order valence-corrected chi connectivity index (χ0v) is 21.6. The fourth-order valence-corrected chi connectivity index (χ4v) is 5.65. The molecule has 0 saturated carbocycles. The number of morpholine rings is 1. The number of nitrogens with zero attached hydrogens (tertiary/aromatic N) is 6. The Bertz CT molecular complexity index is 1320. The van der Waals surface area contributed by atoms with Crippen LogP contribution in [0.5, 0.6) is 0 Å². The highest BCUT2D eigenvalue weighted by molar-refractivity contribution is 5.90. The number of aromatic nitrogens is 4. The van der Waals surface area contributed by atoms with E-state index in [0.717, 1.165) is 61.2 Å². The van der Waals surface area contributed by atoms with Crippen molar-refractivity contribution >= 4 is 34.7 Å². The smallest absolute Gasteiger partial charge is 0.409 e. The molecule has 6 rings (SSSR count). The number of hydrogen-bond acceptors (Lipinski definition) is 8. The Hall–Kier alpha value is -3.93. The van der Waals surface area contributed by atoms with Gasteiger partial charge >= 0.3 is 12.1 Å². The van der Waals surface area contributed by atoms with Crippen molar-refractivity contribution in [3.05, 3.63) is 30.5 Å². The van der Waals surface area contributed by atoms with E-state index in [2.05, 4.69) is 15.5 Å². The van der Waals surface area contributed by atoms with Gasteiger partial charge in [0.25, 0.3) is 0 Å². The molecule has 5 heterocycles. The van der Waals surface area contributed by atoms with Crippen LogP contribution in [-0.4, -0.2) is 89.3 Å². The van der Waals surface area contributed by atoms with Crippen molar-refractivity contribution in [2.24, 2.45) is 0 Å². The van der Waals surface area contributed by atoms with Gasteiger partial charge in [-0.2, -0.15) is 5.10 Å². The first-order valence-corrected chi connectivity index (χ1v) is 13.1. The van der Waals surface area contributed by atoms with Crippen LogP contribution in [0.2, 0.25) is 0 Å². The predicted octanol–water partition coefficient (Wildman–Crippen LogP) is 3.02. The van der Waals surface area contributed by atoms with Crippen LogP contribution in [0.3, 0.4) is 0 Å². The average Bonchev–Trinajstić information content (AvgIpc) is 3.54. The predicted molar refractivity (Wildman–Crippen MR) is 141 cm³/mol. The Morgan fingerprint density at radius 1 is 1.03 bits per heavy atom. The lowest BCUT2D eigenvalue weighted by Gasteiger charge is -2.33. The molecule has 3 aliphatic heterocycles. The minimum absolute atomic E-state index is 0.115. The van der Waals surface area contributed by atoms with Crippen LogP contribution in [0, 0.1) is 0 Å². The van der Waals surface area contributed by atoms with Gasteiger partial charge in [0.05, 0.1) is 36.9 Å². The Labute approximate surface area is 220 Å². The van der Waals surface area contributed by atoms with Gasteiger partial charge in [-0.25, -0.2) is 24.2 Å². The maximum absolute atomic E-state index is 12.0. The van der Waals surface area contributed by atoms with Crippen LogP contribution in [0.4, 0.5) is 21.1 Å². The molecule has 0 aliphatic carbocycles. The third kappa shape index (κ3) is 4.60. The van der Waals surface area contributed by atoms with E-state index >= 15 is 0 Å². The number of fused-ring (bicyclic) bond motifs is 3. The van der Waals surface area contributed by atoms with E-state index in [1.54, 1.807) is 11.9 Å². The van der Waals surface area contributed by atoms with E-state index < -0.39 is 0 Å². The number of amides is 3. The van der Waals surface area contributed by atoms with Crippen molar-refractivity contribution < 1.29 is 19.1 Å². The van der Waals surface area contributed by atoms with Crippen LogP contribution >= 0.6 is 0 Å². The summed E-state index contributed by atoms with van der Waals surface area (Å²) in [6, 6.07) is 7.34. The monoisotopic (exact) mass is 520 g/mol. The van der Waals surface area contributed by atoms with Crippen LogP contribution in [0.15, 0.2) is 30.5 Å². The zero-order valence-electron chi connectivity index (χ0n) is 21.6. The van der Waals surface area contributed by atoms with Crippen molar-refractivity contribution in [3.63, 3.8) is 0 Å². The third-order valence-corrected chi connectivity index (χ3v) is 7.65. The van der Waals surface area contributed by atoms with Gasteiger partial charge in [-0.1, -0.05) is 0 Å². The third-order valence-electron chi connectivity index (χ3n) is 7.65. The van der Waals surface area contributed by atoms with Crippen LogP contribution in [0.1, 0.15) is 31.7 Å². The summed E-state index contributed by atoms with van der Waals surface area (Å²) in [6.45, 7) is 2.80. The maximum Gasteiger partial charge on any atom is 0.409 e. The van der Waals surface area contributed by atoms with Gasteiger partial charge in [0, 0.05) is 44.5 Å². The summed E-state index contributed by atoms with van der Waals surface area (Å²) in [4.78, 5) is 37.7. The molecule has 38 heavy (non-hydrogen) atoms. The second kappa shape index (κ2) is 10.1. The fourth-order valence-electron chi connectivity index (χ4n) is 5.65. The van der Waals surface area contributed by atoms with Crippen LogP contribution < -0.4 is 15.5 Å². The van der Waals surface area contributed by atoms with Gasteiger partial charge in [-0.05, 0) is 49.9 Å². The van der Waals surface area contributed by atoms with Gasteiger partial charge in [0.2, 0.25) is 0 Å². The summed E-state index contributed by atoms with van der Waals surface area (Å²) in [5.74, 6) is 1.47. The highest BCUT2D eigenvalue weighted by Gasteiger charge is 2.36. The first-order chi connectivity index (χ1) is 18.5. The molecule has 12 heteroatoms. The molecule has 3 aromatic rings. The number of methoxy groups -OCH3 is 1. The molecule has 2 atom stereocenters. The quantitative estimate of drug-likeness (QED) is 0.538. The number of nitrogens with one attached hydrogen (secondary N) is 2. The molecule has 0 radical (unpaired) electrons. The largest absolute Gasteiger partial charge is 0.453 e. The van der Waals surface area contributed by atoms with E-state index in [1.165, 1.54) is 7.11 Å². The minimum atomic E-state index is -0.294. The van der Waals surface area contributed by atoms with Gasteiger partial charge in [0.1, 0.15) is 5.82 Å². The summed E-state index contributed by atoms with van der Waals surface area (Å²) < 4.78 is 13.0. The second-order valence-corrected chi connectivity index (χ2v) is 10.0. The number of carbonyl (C=O) groups is 2. The van der Waals surface area contributed by atoms with Gasteiger partial charge in [-0.3, -0.25) is 0 Å². The van der Waals surface area contributed by atoms with Crippen molar-refractivity contribution in [2.75, 3.05) is 50.6 Å². The average molecular weight is 521 g/mol. The van der Waals surface area contributed by atoms with E-state index in [1.807, 2.05) is 35.1 Å². The number of anilines is 2. The Kier molecular flexibility index (Phi) is 6.48. The number of rotatable bonds is 4. The summed E-state index contributed by atoms with van der Waals surface area (Å²) in [5.41, 5.74) is 2.31. The molecule has 1 aromatic carbocycles. The van der Waals surface area contributed by atoms with Crippen LogP contribution in [0.25, 0.3) is 22.4 Å². The molecule has 2 bridgehead atoms. The summed E-state index contributed by atoms with van der Waals surface area (Å²) in [7, 11) is 2.99. The topological polar surface area (TPSA) is 127 Å². The first-order valence-electron chi connectivity index (χ1n) is 13.1. The van der Waals surface area contributed by atoms with E-state index in [9.17, 15) is 9.59 Å². The first kappa shape index (κ1) is 24.4. The number of piperidine rings is 1. The van der Waals surface area contributed by atoms with E-state index in [4.69, 9.17) is 24.5 Å². The normalized spacial score (nSPS) is 21.5. The Balaban J connectivity index is 1.36. The van der Waals surface area contributed by atoms with E-state index in [0.29, 0.717) is 24.6 Å². The molecule has 2 aromatic heterocycles. The lowest BCUT2D eigenvalue weighted by molar-refractivity contribution is 0.0303. The zero-order chi connectivity index (χ0) is 26.2. The SMILES string of the molecule is CNC(=O)Nc1ccc(-c2nc(N3C[C@H]4CC[C@@H](C3)O4)c3cnn(C4CCN(C(=O)OC)CC4)c3n2)cc1. The molecular weight excluding hydrogens is 488 g/mol. The Morgan fingerprint density at radius 3 is 2.39 bits per heavy atom. The molecule has 3 amide bonds. The minimum Gasteiger partial charge on any atom is -0.453 e. The van der Waals surface area contributed by atoms with Gasteiger partial charge in [0.15, 0.2) is 11.5 Å². The number of likely N-dealkylation sites (tertiary alicyclic amines) is 1. The molecule has 3 aliphatic rings. The molecule has 2 N–H and O–H groups in total. The standard InChI is InChI=1S/C26H32N8O4/c1-27-25(35)29-17-5-3-16(4-6-17)22-30-23(33-14-19-7-8-20(15-33)38-19)21-13-28-34(24(21)31-22)18-9-11-32(12-10-18)26(36)37-2/h3-6,13,18-20H,7-12,14-15H2,1-2H3,(H2,27,29,35)/t19-,20+. The summed E-state index contributed by atoms with van der Waals surface area (Å²) in [5, 5.41) is 11.0. The van der Waals surface area contributed by atoms with Gasteiger partial charge < -0.3 is 29.9 Å². The van der Waals surface area contributed by atoms with Crippen molar-refractivity contribution in [3.8, 4) is 11.4 Å². The number of hydrogen-bond donors (Lipinski definition) is 2.